The molecule has 0 aliphatic heterocycles. The first kappa shape index (κ1) is 9.01. The van der Waals surface area contributed by atoms with E-state index in [1.807, 2.05) is 0 Å². The number of rotatable bonds is 2. The van der Waals surface area contributed by atoms with Gasteiger partial charge in [-0.2, -0.15) is 14.0 Å². The second-order valence-electron chi connectivity index (χ2n) is 2.08. The summed E-state index contributed by atoms with van der Waals surface area (Å²) in [5.74, 6) is 0. The highest BCUT2D eigenvalue weighted by Crippen LogP contribution is 2.38. The third kappa shape index (κ3) is 1.95. The van der Waals surface area contributed by atoms with E-state index in [1.165, 1.54) is 29.7 Å². The standard InChI is InChI=1S/C8H5F2NS/c9-8(10,12-6-11)7-4-2-1-3-5-7/h1-5H. The molecule has 0 heterocycles. The van der Waals surface area contributed by atoms with E-state index >= 15 is 0 Å². The van der Waals surface area contributed by atoms with E-state index in [9.17, 15) is 8.78 Å². The Bertz CT molecular complexity index is 292. The number of thioether (sulfide) groups is 1. The monoisotopic (exact) mass is 185 g/mol. The Morgan fingerprint density at radius 3 is 2.33 bits per heavy atom. The molecule has 0 fully saturated rings. The Hall–Kier alpha value is -1.08. The van der Waals surface area contributed by atoms with E-state index in [-0.39, 0.29) is 17.3 Å². The Morgan fingerprint density at radius 1 is 1.25 bits per heavy atom. The topological polar surface area (TPSA) is 23.8 Å². The fraction of sp³-hybridized carbons (Fsp3) is 0.125. The maximum absolute atomic E-state index is 12.9. The minimum absolute atomic E-state index is 0.0411. The number of benzene rings is 1. The quantitative estimate of drug-likeness (QED) is 0.661. The predicted octanol–water partition coefficient (Wildman–Crippen LogP) is 2.95. The van der Waals surface area contributed by atoms with Crippen LogP contribution in [0.1, 0.15) is 5.56 Å². The number of nitriles is 1. The number of hydrogen-bond donors (Lipinski definition) is 0. The predicted molar refractivity (Wildman–Crippen MR) is 43.5 cm³/mol. The van der Waals surface area contributed by atoms with Crippen LogP contribution in [0, 0.1) is 10.7 Å². The van der Waals surface area contributed by atoms with Gasteiger partial charge >= 0.3 is 5.25 Å². The van der Waals surface area contributed by atoms with Crippen molar-refractivity contribution < 1.29 is 8.78 Å². The summed E-state index contributed by atoms with van der Waals surface area (Å²) >= 11 is -0.0411. The molecule has 4 heteroatoms. The zero-order chi connectivity index (χ0) is 9.03. The molecular formula is C8H5F2NS. The molecule has 0 aromatic heterocycles. The normalized spacial score (nSPS) is 10.8. The van der Waals surface area contributed by atoms with Crippen LogP contribution in [0.25, 0.3) is 0 Å². The van der Waals surface area contributed by atoms with Crippen molar-refractivity contribution in [1.82, 2.24) is 0 Å². The van der Waals surface area contributed by atoms with Gasteiger partial charge in [0.25, 0.3) is 0 Å². The highest BCUT2D eigenvalue weighted by Gasteiger charge is 2.32. The second-order valence-corrected chi connectivity index (χ2v) is 2.98. The third-order valence-electron chi connectivity index (χ3n) is 1.28. The van der Waals surface area contributed by atoms with Crippen LogP contribution in [-0.2, 0) is 5.25 Å². The molecule has 1 aromatic rings. The van der Waals surface area contributed by atoms with Gasteiger partial charge < -0.3 is 0 Å². The maximum Gasteiger partial charge on any atom is 0.332 e. The molecule has 0 amide bonds. The van der Waals surface area contributed by atoms with Gasteiger partial charge in [-0.25, -0.2) is 0 Å². The van der Waals surface area contributed by atoms with Crippen molar-refractivity contribution in [3.63, 3.8) is 0 Å². The molecule has 0 N–H and O–H groups in total. The summed E-state index contributed by atoms with van der Waals surface area (Å²) in [4.78, 5) is 0. The number of nitrogens with zero attached hydrogens (tertiary/aromatic N) is 1. The fourth-order valence-corrected chi connectivity index (χ4v) is 1.12. The number of alkyl halides is 2. The smallest absolute Gasteiger partial charge is 0.187 e. The molecule has 0 aliphatic rings. The van der Waals surface area contributed by atoms with Crippen molar-refractivity contribution in [2.45, 2.75) is 5.25 Å². The maximum atomic E-state index is 12.9. The van der Waals surface area contributed by atoms with E-state index in [0.29, 0.717) is 0 Å². The summed E-state index contributed by atoms with van der Waals surface area (Å²) in [5, 5.41) is 6.37. The summed E-state index contributed by atoms with van der Waals surface area (Å²) in [6, 6.07) is 7.27. The summed E-state index contributed by atoms with van der Waals surface area (Å²) in [6.45, 7) is 0. The van der Waals surface area contributed by atoms with E-state index in [0.717, 1.165) is 0 Å². The Labute approximate surface area is 73.0 Å². The van der Waals surface area contributed by atoms with Crippen molar-refractivity contribution in [2.24, 2.45) is 0 Å². The molecule has 1 nitrogen and oxygen atoms in total. The lowest BCUT2D eigenvalue weighted by Gasteiger charge is -2.10. The number of halogens is 2. The van der Waals surface area contributed by atoms with Crippen LogP contribution in [0.3, 0.4) is 0 Å². The van der Waals surface area contributed by atoms with Crippen LogP contribution < -0.4 is 0 Å². The van der Waals surface area contributed by atoms with E-state index < -0.39 is 5.25 Å². The summed E-state index contributed by atoms with van der Waals surface area (Å²) < 4.78 is 25.8. The van der Waals surface area contributed by atoms with Crippen molar-refractivity contribution in [2.75, 3.05) is 0 Å². The largest absolute Gasteiger partial charge is 0.332 e. The van der Waals surface area contributed by atoms with Crippen molar-refractivity contribution >= 4 is 11.8 Å². The minimum atomic E-state index is -3.10. The lowest BCUT2D eigenvalue weighted by Crippen LogP contribution is -2.05. The molecule has 0 aliphatic carbocycles. The van der Waals surface area contributed by atoms with Crippen molar-refractivity contribution in [1.29, 1.82) is 5.26 Å². The number of thiocyanates is 1. The molecular weight excluding hydrogens is 180 g/mol. The van der Waals surface area contributed by atoms with Gasteiger partial charge in [0.05, 0.1) is 0 Å². The first-order valence-electron chi connectivity index (χ1n) is 3.17. The van der Waals surface area contributed by atoms with Gasteiger partial charge in [-0.05, 0) is 0 Å². The molecule has 1 aromatic carbocycles. The second kappa shape index (κ2) is 3.55. The summed E-state index contributed by atoms with van der Waals surface area (Å²) in [7, 11) is 0. The van der Waals surface area contributed by atoms with Crippen molar-refractivity contribution in [3.8, 4) is 5.40 Å². The zero-order valence-electron chi connectivity index (χ0n) is 6.00. The van der Waals surface area contributed by atoms with Crippen LogP contribution in [0.2, 0.25) is 0 Å². The zero-order valence-corrected chi connectivity index (χ0v) is 6.81. The molecule has 0 saturated carbocycles. The van der Waals surface area contributed by atoms with E-state index in [4.69, 9.17) is 5.26 Å². The average Bonchev–Trinajstić information content (AvgIpc) is 2.06. The summed E-state index contributed by atoms with van der Waals surface area (Å²) in [5.41, 5.74) is -0.142. The van der Waals surface area contributed by atoms with E-state index in [1.54, 1.807) is 6.07 Å². The van der Waals surface area contributed by atoms with Crippen LogP contribution >= 0.6 is 11.8 Å². The van der Waals surface area contributed by atoms with Crippen LogP contribution in [0.5, 0.6) is 0 Å². The highest BCUT2D eigenvalue weighted by molar-refractivity contribution is 8.04. The Kier molecular flexibility index (Phi) is 2.66. The summed E-state index contributed by atoms with van der Waals surface area (Å²) in [6.07, 6.45) is 0. The first-order chi connectivity index (χ1) is 5.67. The number of hydrogen-bond acceptors (Lipinski definition) is 2. The SMILES string of the molecule is N#CSC(F)(F)c1ccccc1. The highest BCUT2D eigenvalue weighted by atomic mass is 32.2. The van der Waals surface area contributed by atoms with Crippen molar-refractivity contribution in [3.05, 3.63) is 35.9 Å². The lowest BCUT2D eigenvalue weighted by molar-refractivity contribution is 0.106. The van der Waals surface area contributed by atoms with Gasteiger partial charge in [-0.3, -0.25) is 0 Å². The molecule has 0 radical (unpaired) electrons. The molecule has 62 valence electrons. The van der Waals surface area contributed by atoms with Gasteiger partial charge in [0, 0.05) is 17.3 Å². The Balaban J connectivity index is 2.91. The third-order valence-corrected chi connectivity index (χ3v) is 1.87. The molecule has 0 atom stereocenters. The molecule has 0 unspecified atom stereocenters. The Morgan fingerprint density at radius 2 is 1.83 bits per heavy atom. The van der Waals surface area contributed by atoms with Gasteiger partial charge in [0.1, 0.15) is 5.40 Å². The van der Waals surface area contributed by atoms with Gasteiger partial charge in [-0.1, -0.05) is 30.3 Å². The van der Waals surface area contributed by atoms with Crippen LogP contribution in [0.4, 0.5) is 8.78 Å². The van der Waals surface area contributed by atoms with Crippen LogP contribution in [-0.4, -0.2) is 0 Å². The van der Waals surface area contributed by atoms with Gasteiger partial charge in [0.2, 0.25) is 0 Å². The molecule has 0 saturated heterocycles. The lowest BCUT2D eigenvalue weighted by atomic mass is 10.2. The van der Waals surface area contributed by atoms with Crippen LogP contribution in [0.15, 0.2) is 30.3 Å². The average molecular weight is 185 g/mol. The fourth-order valence-electron chi connectivity index (χ4n) is 0.748. The van der Waals surface area contributed by atoms with Gasteiger partial charge in [0.15, 0.2) is 0 Å². The molecule has 0 spiro atoms. The van der Waals surface area contributed by atoms with E-state index in [2.05, 4.69) is 0 Å². The molecule has 12 heavy (non-hydrogen) atoms. The molecule has 0 bridgehead atoms. The minimum Gasteiger partial charge on any atom is -0.187 e. The first-order valence-corrected chi connectivity index (χ1v) is 3.99. The van der Waals surface area contributed by atoms with Gasteiger partial charge in [-0.15, -0.1) is 0 Å². The molecule has 1 rings (SSSR count).